The molecule has 6 heteroatoms. The molecule has 0 saturated heterocycles. The number of aromatic amines is 1. The van der Waals surface area contributed by atoms with Gasteiger partial charge < -0.3 is 5.32 Å². The van der Waals surface area contributed by atoms with Gasteiger partial charge >= 0.3 is 0 Å². The van der Waals surface area contributed by atoms with Gasteiger partial charge in [0.25, 0.3) is 0 Å². The third kappa shape index (κ3) is 3.58. The second kappa shape index (κ2) is 7.37. The van der Waals surface area contributed by atoms with Crippen LogP contribution in [0.4, 0.5) is 5.95 Å². The van der Waals surface area contributed by atoms with Gasteiger partial charge in [-0.15, -0.1) is 0 Å². The molecule has 2 heterocycles. The van der Waals surface area contributed by atoms with E-state index in [-0.39, 0.29) is 0 Å². The molecular weight excluding hydrogens is 346 g/mol. The molecular formula is C20H16ClN5. The minimum Gasteiger partial charge on any atom is -0.348 e. The Morgan fingerprint density at radius 2 is 1.77 bits per heavy atom. The summed E-state index contributed by atoms with van der Waals surface area (Å²) in [5.74, 6) is 0.534. The number of nitrogens with zero attached hydrogens (tertiary/aromatic N) is 3. The molecule has 0 amide bonds. The van der Waals surface area contributed by atoms with E-state index in [9.17, 15) is 0 Å². The Labute approximate surface area is 156 Å². The molecule has 0 spiro atoms. The zero-order valence-corrected chi connectivity index (χ0v) is 14.6. The molecule has 0 bridgehead atoms. The van der Waals surface area contributed by atoms with Gasteiger partial charge in [0.2, 0.25) is 5.95 Å². The Hall–Kier alpha value is -3.18. The molecule has 128 valence electrons. The zero-order chi connectivity index (χ0) is 17.8. The van der Waals surface area contributed by atoms with Crippen molar-refractivity contribution in [3.8, 4) is 22.5 Å². The lowest BCUT2D eigenvalue weighted by Gasteiger charge is -2.06. The van der Waals surface area contributed by atoms with Gasteiger partial charge in [-0.2, -0.15) is 5.10 Å². The average molecular weight is 362 g/mol. The second-order valence-electron chi connectivity index (χ2n) is 5.74. The van der Waals surface area contributed by atoms with E-state index >= 15 is 0 Å². The van der Waals surface area contributed by atoms with Gasteiger partial charge in [-0.1, -0.05) is 60.1 Å². The Morgan fingerprint density at radius 3 is 2.62 bits per heavy atom. The first-order valence-electron chi connectivity index (χ1n) is 8.21. The number of H-pyrrole nitrogens is 1. The van der Waals surface area contributed by atoms with Gasteiger partial charge in [0.05, 0.1) is 23.6 Å². The maximum atomic E-state index is 6.25. The van der Waals surface area contributed by atoms with Gasteiger partial charge in [0.1, 0.15) is 0 Å². The lowest BCUT2D eigenvalue weighted by atomic mass is 10.1. The molecule has 2 aromatic carbocycles. The average Bonchev–Trinajstić information content (AvgIpc) is 3.17. The largest absolute Gasteiger partial charge is 0.348 e. The third-order valence-corrected chi connectivity index (χ3v) is 4.28. The minimum atomic E-state index is 0.523. The maximum absolute atomic E-state index is 6.25. The van der Waals surface area contributed by atoms with Crippen molar-refractivity contribution in [3.05, 3.63) is 83.6 Å². The predicted octanol–water partition coefficient (Wildman–Crippen LogP) is 4.80. The number of hydrogen-bond donors (Lipinski definition) is 2. The number of anilines is 1. The smallest absolute Gasteiger partial charge is 0.223 e. The molecule has 2 aromatic heterocycles. The van der Waals surface area contributed by atoms with Crippen molar-refractivity contribution in [1.29, 1.82) is 0 Å². The number of aromatic nitrogens is 4. The summed E-state index contributed by atoms with van der Waals surface area (Å²) in [6.45, 7) is 0.523. The number of hydrogen-bond acceptors (Lipinski definition) is 4. The first kappa shape index (κ1) is 16.3. The van der Waals surface area contributed by atoms with E-state index in [1.807, 2.05) is 66.7 Å². The third-order valence-electron chi connectivity index (χ3n) is 3.95. The molecule has 4 rings (SSSR count). The predicted molar refractivity (Wildman–Crippen MR) is 104 cm³/mol. The maximum Gasteiger partial charge on any atom is 0.223 e. The Kier molecular flexibility index (Phi) is 4.62. The first-order chi connectivity index (χ1) is 12.8. The van der Waals surface area contributed by atoms with E-state index in [2.05, 4.69) is 25.5 Å². The van der Waals surface area contributed by atoms with Crippen LogP contribution in [-0.4, -0.2) is 20.2 Å². The van der Waals surface area contributed by atoms with Crippen LogP contribution in [0, 0.1) is 0 Å². The molecule has 0 radical (unpaired) electrons. The van der Waals surface area contributed by atoms with Crippen LogP contribution in [0.5, 0.6) is 0 Å². The van der Waals surface area contributed by atoms with Crippen LogP contribution in [0.2, 0.25) is 5.02 Å². The van der Waals surface area contributed by atoms with Crippen LogP contribution in [0.1, 0.15) is 5.69 Å². The van der Waals surface area contributed by atoms with Gasteiger partial charge in [-0.3, -0.25) is 5.10 Å². The van der Waals surface area contributed by atoms with E-state index in [0.717, 1.165) is 28.2 Å². The molecule has 0 aliphatic heterocycles. The highest BCUT2D eigenvalue weighted by molar-refractivity contribution is 6.33. The molecule has 5 nitrogen and oxygen atoms in total. The zero-order valence-electron chi connectivity index (χ0n) is 13.9. The molecule has 0 saturated carbocycles. The van der Waals surface area contributed by atoms with Crippen molar-refractivity contribution < 1.29 is 0 Å². The highest BCUT2D eigenvalue weighted by Gasteiger charge is 2.07. The topological polar surface area (TPSA) is 66.5 Å². The number of nitrogens with one attached hydrogen (secondary N) is 2. The van der Waals surface area contributed by atoms with Crippen LogP contribution < -0.4 is 5.32 Å². The van der Waals surface area contributed by atoms with Gasteiger partial charge in [-0.25, -0.2) is 9.97 Å². The summed E-state index contributed by atoms with van der Waals surface area (Å²) in [6.07, 6.45) is 1.72. The molecule has 26 heavy (non-hydrogen) atoms. The SMILES string of the molecule is Clc1ccccc1-c1ccnc(NCc2cc(-c3ccccc3)[nH]n2)n1. The standard InChI is InChI=1S/C20H16ClN5/c21-17-9-5-4-8-16(17)18-10-11-22-20(24-18)23-13-15-12-19(26-25-15)14-6-2-1-3-7-14/h1-12H,13H2,(H,25,26)(H,22,23,24). The fourth-order valence-electron chi connectivity index (χ4n) is 2.65. The lowest BCUT2D eigenvalue weighted by Crippen LogP contribution is -2.04. The van der Waals surface area contributed by atoms with E-state index in [1.165, 1.54) is 0 Å². The molecule has 0 aliphatic carbocycles. The van der Waals surface area contributed by atoms with Crippen LogP contribution >= 0.6 is 11.6 Å². The van der Waals surface area contributed by atoms with E-state index in [1.54, 1.807) is 6.20 Å². The van der Waals surface area contributed by atoms with Crippen LogP contribution in [0.3, 0.4) is 0 Å². The van der Waals surface area contributed by atoms with E-state index in [0.29, 0.717) is 17.5 Å². The van der Waals surface area contributed by atoms with Crippen molar-refractivity contribution in [2.24, 2.45) is 0 Å². The molecule has 0 unspecified atom stereocenters. The van der Waals surface area contributed by atoms with Gasteiger partial charge in [-0.05, 0) is 23.8 Å². The van der Waals surface area contributed by atoms with Crippen LogP contribution in [0.25, 0.3) is 22.5 Å². The summed E-state index contributed by atoms with van der Waals surface area (Å²) in [5.41, 5.74) is 4.62. The molecule has 2 N–H and O–H groups in total. The van der Waals surface area contributed by atoms with Crippen LogP contribution in [-0.2, 0) is 6.54 Å². The van der Waals surface area contributed by atoms with Crippen LogP contribution in [0.15, 0.2) is 72.9 Å². The summed E-state index contributed by atoms with van der Waals surface area (Å²) in [5, 5.41) is 11.3. The fourth-order valence-corrected chi connectivity index (χ4v) is 2.88. The Balaban J connectivity index is 1.48. The summed E-state index contributed by atoms with van der Waals surface area (Å²) in [7, 11) is 0. The van der Waals surface area contributed by atoms with Crippen molar-refractivity contribution in [1.82, 2.24) is 20.2 Å². The second-order valence-corrected chi connectivity index (χ2v) is 6.15. The first-order valence-corrected chi connectivity index (χ1v) is 8.59. The van der Waals surface area contributed by atoms with Crippen molar-refractivity contribution in [3.63, 3.8) is 0 Å². The Bertz CT molecular complexity index is 1010. The summed E-state index contributed by atoms with van der Waals surface area (Å²) in [6, 6.07) is 21.6. The summed E-state index contributed by atoms with van der Waals surface area (Å²) in [4.78, 5) is 8.81. The number of benzene rings is 2. The lowest BCUT2D eigenvalue weighted by molar-refractivity contribution is 0.963. The number of rotatable bonds is 5. The molecule has 4 aromatic rings. The quantitative estimate of drug-likeness (QED) is 0.536. The highest BCUT2D eigenvalue weighted by atomic mass is 35.5. The van der Waals surface area contributed by atoms with Gasteiger partial charge in [0.15, 0.2) is 0 Å². The number of halogens is 1. The van der Waals surface area contributed by atoms with E-state index < -0.39 is 0 Å². The monoisotopic (exact) mass is 361 g/mol. The molecule has 0 aliphatic rings. The van der Waals surface area contributed by atoms with Crippen molar-refractivity contribution in [2.45, 2.75) is 6.54 Å². The molecule has 0 atom stereocenters. The summed E-state index contributed by atoms with van der Waals surface area (Å²) >= 11 is 6.25. The fraction of sp³-hybridized carbons (Fsp3) is 0.0500. The normalized spacial score (nSPS) is 10.7. The van der Waals surface area contributed by atoms with E-state index in [4.69, 9.17) is 11.6 Å². The van der Waals surface area contributed by atoms with Crippen molar-refractivity contribution in [2.75, 3.05) is 5.32 Å². The minimum absolute atomic E-state index is 0.523. The van der Waals surface area contributed by atoms with Crippen molar-refractivity contribution >= 4 is 17.5 Å². The van der Waals surface area contributed by atoms with Gasteiger partial charge in [0, 0.05) is 16.8 Å². The Morgan fingerprint density at radius 1 is 0.962 bits per heavy atom. The summed E-state index contributed by atoms with van der Waals surface area (Å²) < 4.78 is 0. The highest BCUT2D eigenvalue weighted by Crippen LogP contribution is 2.26. The molecule has 0 fully saturated rings.